The van der Waals surface area contributed by atoms with Gasteiger partial charge in [-0.2, -0.15) is 0 Å². The summed E-state index contributed by atoms with van der Waals surface area (Å²) in [5, 5.41) is 9.24. The number of carboxylic acid groups (broad SMARTS) is 1. The second-order valence-electron chi connectivity index (χ2n) is 5.29. The van der Waals surface area contributed by atoms with Crippen LogP contribution >= 0.6 is 0 Å². The Morgan fingerprint density at radius 1 is 0.867 bits per heavy atom. The standard InChI is InChI=1S/C13H22O2/c14-13(15)12-9-5-4-8-11(12)10-6-2-1-3-7-10/h10-12H,1-9H2,(H,14,15)/t11?,12-/m1/s1. The van der Waals surface area contributed by atoms with Gasteiger partial charge in [-0.05, 0) is 24.7 Å². The molecule has 0 amide bonds. The molecule has 86 valence electrons. The number of hydrogen-bond acceptors (Lipinski definition) is 1. The first-order chi connectivity index (χ1) is 7.29. The Balaban J connectivity index is 1.99. The summed E-state index contributed by atoms with van der Waals surface area (Å²) >= 11 is 0. The van der Waals surface area contributed by atoms with Crippen molar-refractivity contribution in [3.05, 3.63) is 0 Å². The number of aliphatic carboxylic acids is 1. The van der Waals surface area contributed by atoms with Crippen molar-refractivity contribution in [3.63, 3.8) is 0 Å². The molecule has 0 heterocycles. The Labute approximate surface area is 92.1 Å². The highest BCUT2D eigenvalue weighted by Crippen LogP contribution is 2.41. The van der Waals surface area contributed by atoms with Gasteiger partial charge >= 0.3 is 5.97 Å². The molecule has 0 aromatic heterocycles. The summed E-state index contributed by atoms with van der Waals surface area (Å²) in [5.74, 6) is 0.656. The van der Waals surface area contributed by atoms with E-state index in [-0.39, 0.29) is 5.92 Å². The van der Waals surface area contributed by atoms with E-state index in [2.05, 4.69) is 0 Å². The van der Waals surface area contributed by atoms with Crippen LogP contribution in [0.4, 0.5) is 0 Å². The van der Waals surface area contributed by atoms with Gasteiger partial charge in [0.2, 0.25) is 0 Å². The highest BCUT2D eigenvalue weighted by Gasteiger charge is 2.36. The quantitative estimate of drug-likeness (QED) is 0.758. The van der Waals surface area contributed by atoms with E-state index in [1.807, 2.05) is 0 Å². The zero-order valence-electron chi connectivity index (χ0n) is 9.45. The first kappa shape index (κ1) is 11.0. The van der Waals surface area contributed by atoms with Crippen molar-refractivity contribution < 1.29 is 9.90 Å². The molecule has 2 atom stereocenters. The van der Waals surface area contributed by atoms with Crippen LogP contribution in [0.1, 0.15) is 57.8 Å². The van der Waals surface area contributed by atoms with Crippen molar-refractivity contribution in [1.82, 2.24) is 0 Å². The van der Waals surface area contributed by atoms with E-state index in [1.165, 1.54) is 44.9 Å². The number of rotatable bonds is 2. The van der Waals surface area contributed by atoms with Crippen LogP contribution in [0, 0.1) is 17.8 Å². The predicted octanol–water partition coefficient (Wildman–Crippen LogP) is 3.46. The summed E-state index contributed by atoms with van der Waals surface area (Å²) in [6, 6.07) is 0. The topological polar surface area (TPSA) is 37.3 Å². The van der Waals surface area contributed by atoms with E-state index in [1.54, 1.807) is 0 Å². The molecule has 2 aliphatic rings. The van der Waals surface area contributed by atoms with Gasteiger partial charge in [0.15, 0.2) is 0 Å². The second kappa shape index (κ2) is 5.00. The largest absolute Gasteiger partial charge is 0.481 e. The molecule has 2 nitrogen and oxygen atoms in total. The lowest BCUT2D eigenvalue weighted by Crippen LogP contribution is -2.33. The minimum atomic E-state index is -0.537. The van der Waals surface area contributed by atoms with Crippen LogP contribution in [0.25, 0.3) is 0 Å². The molecule has 2 rings (SSSR count). The first-order valence-electron chi connectivity index (χ1n) is 6.52. The van der Waals surface area contributed by atoms with Crippen LogP contribution in [0.2, 0.25) is 0 Å². The van der Waals surface area contributed by atoms with Crippen molar-refractivity contribution >= 4 is 5.97 Å². The molecule has 1 N–H and O–H groups in total. The SMILES string of the molecule is O=C(O)[C@@H]1CCCCC1C1CCCCC1. The molecule has 0 spiro atoms. The zero-order chi connectivity index (χ0) is 10.7. The van der Waals surface area contributed by atoms with Crippen LogP contribution in [0.5, 0.6) is 0 Å². The molecule has 1 unspecified atom stereocenters. The molecule has 0 aromatic carbocycles. The van der Waals surface area contributed by atoms with E-state index >= 15 is 0 Å². The number of hydrogen-bond donors (Lipinski definition) is 1. The van der Waals surface area contributed by atoms with Gasteiger partial charge in [0, 0.05) is 0 Å². The third kappa shape index (κ3) is 2.53. The molecule has 2 fully saturated rings. The summed E-state index contributed by atoms with van der Waals surface area (Å²) in [6.07, 6.45) is 11.1. The average Bonchev–Trinajstić information content (AvgIpc) is 2.30. The molecule has 0 radical (unpaired) electrons. The highest BCUT2D eigenvalue weighted by atomic mass is 16.4. The van der Waals surface area contributed by atoms with E-state index in [9.17, 15) is 9.90 Å². The van der Waals surface area contributed by atoms with Gasteiger partial charge in [0.05, 0.1) is 5.92 Å². The van der Waals surface area contributed by atoms with Gasteiger partial charge in [-0.25, -0.2) is 0 Å². The van der Waals surface area contributed by atoms with Crippen molar-refractivity contribution in [1.29, 1.82) is 0 Å². The Morgan fingerprint density at radius 2 is 1.47 bits per heavy atom. The lowest BCUT2D eigenvalue weighted by atomic mass is 9.68. The lowest BCUT2D eigenvalue weighted by molar-refractivity contribution is -0.146. The van der Waals surface area contributed by atoms with Crippen molar-refractivity contribution in [3.8, 4) is 0 Å². The average molecular weight is 210 g/mol. The molecular weight excluding hydrogens is 188 g/mol. The lowest BCUT2D eigenvalue weighted by Gasteiger charge is -2.37. The fourth-order valence-electron chi connectivity index (χ4n) is 3.59. The fraction of sp³-hybridized carbons (Fsp3) is 0.923. The third-order valence-electron chi connectivity index (χ3n) is 4.39. The van der Waals surface area contributed by atoms with E-state index in [0.29, 0.717) is 5.92 Å². The normalized spacial score (nSPS) is 33.9. The van der Waals surface area contributed by atoms with Crippen molar-refractivity contribution in [2.75, 3.05) is 0 Å². The van der Waals surface area contributed by atoms with Crippen LogP contribution in [0.3, 0.4) is 0 Å². The molecule has 15 heavy (non-hydrogen) atoms. The van der Waals surface area contributed by atoms with Gasteiger partial charge in [-0.1, -0.05) is 44.9 Å². The molecule has 0 aromatic rings. The second-order valence-corrected chi connectivity index (χ2v) is 5.29. The van der Waals surface area contributed by atoms with E-state index in [4.69, 9.17) is 0 Å². The van der Waals surface area contributed by atoms with Crippen LogP contribution in [-0.4, -0.2) is 11.1 Å². The van der Waals surface area contributed by atoms with Crippen molar-refractivity contribution in [2.45, 2.75) is 57.8 Å². The molecule has 2 heteroatoms. The Hall–Kier alpha value is -0.530. The molecule has 2 saturated carbocycles. The Bertz CT molecular complexity index is 219. The minimum absolute atomic E-state index is 0.0261. The van der Waals surface area contributed by atoms with Crippen LogP contribution < -0.4 is 0 Å². The molecular formula is C13H22O2. The van der Waals surface area contributed by atoms with Gasteiger partial charge in [-0.3, -0.25) is 4.79 Å². The third-order valence-corrected chi connectivity index (χ3v) is 4.39. The molecule has 0 aliphatic heterocycles. The van der Waals surface area contributed by atoms with Gasteiger partial charge in [-0.15, -0.1) is 0 Å². The van der Waals surface area contributed by atoms with Crippen LogP contribution in [-0.2, 0) is 4.79 Å². The maximum Gasteiger partial charge on any atom is 0.306 e. The van der Waals surface area contributed by atoms with Gasteiger partial charge in [0.25, 0.3) is 0 Å². The zero-order valence-corrected chi connectivity index (χ0v) is 9.45. The summed E-state index contributed by atoms with van der Waals surface area (Å²) in [5.41, 5.74) is 0. The molecule has 0 bridgehead atoms. The molecule has 0 saturated heterocycles. The predicted molar refractivity (Wildman–Crippen MR) is 59.7 cm³/mol. The highest BCUT2D eigenvalue weighted by molar-refractivity contribution is 5.70. The van der Waals surface area contributed by atoms with Crippen LogP contribution in [0.15, 0.2) is 0 Å². The van der Waals surface area contributed by atoms with Gasteiger partial charge < -0.3 is 5.11 Å². The minimum Gasteiger partial charge on any atom is -0.481 e. The molecule has 2 aliphatic carbocycles. The number of carbonyl (C=O) groups is 1. The van der Waals surface area contributed by atoms with E-state index in [0.717, 1.165) is 18.8 Å². The summed E-state index contributed by atoms with van der Waals surface area (Å²) in [6.45, 7) is 0. The summed E-state index contributed by atoms with van der Waals surface area (Å²) in [7, 11) is 0. The van der Waals surface area contributed by atoms with E-state index < -0.39 is 5.97 Å². The Morgan fingerprint density at radius 3 is 2.13 bits per heavy atom. The maximum atomic E-state index is 11.2. The smallest absolute Gasteiger partial charge is 0.306 e. The fourth-order valence-corrected chi connectivity index (χ4v) is 3.59. The summed E-state index contributed by atoms with van der Waals surface area (Å²) in [4.78, 5) is 11.2. The monoisotopic (exact) mass is 210 g/mol. The maximum absolute atomic E-state index is 11.2. The van der Waals surface area contributed by atoms with Crippen molar-refractivity contribution in [2.24, 2.45) is 17.8 Å². The number of carboxylic acids is 1. The van der Waals surface area contributed by atoms with Gasteiger partial charge in [0.1, 0.15) is 0 Å². The Kier molecular flexibility index (Phi) is 3.66. The first-order valence-corrected chi connectivity index (χ1v) is 6.52. The summed E-state index contributed by atoms with van der Waals surface area (Å²) < 4.78 is 0.